The van der Waals surface area contributed by atoms with Crippen molar-refractivity contribution in [3.05, 3.63) is 65.2 Å². The molecule has 1 aliphatic carbocycles. The number of halogens is 1. The fraction of sp³-hybridized carbons (Fsp3) is 0.222. The van der Waals surface area contributed by atoms with Crippen LogP contribution in [-0.2, 0) is 15.0 Å². The fourth-order valence-electron chi connectivity index (χ4n) is 2.49. The molecule has 0 unspecified atom stereocenters. The first-order valence-electron chi connectivity index (χ1n) is 7.63. The lowest BCUT2D eigenvalue weighted by atomic mass is 9.95. The van der Waals surface area contributed by atoms with Gasteiger partial charge in [0.2, 0.25) is 11.8 Å². The van der Waals surface area contributed by atoms with Gasteiger partial charge < -0.3 is 0 Å². The molecule has 6 heteroatoms. The smallest absolute Gasteiger partial charge is 0.249 e. The molecule has 2 aromatic carbocycles. The van der Waals surface area contributed by atoms with Gasteiger partial charge in [-0.3, -0.25) is 20.4 Å². The minimum Gasteiger partial charge on any atom is -0.272 e. The van der Waals surface area contributed by atoms with E-state index in [4.69, 9.17) is 11.6 Å². The van der Waals surface area contributed by atoms with Gasteiger partial charge in [0, 0.05) is 9.92 Å². The van der Waals surface area contributed by atoms with Crippen molar-refractivity contribution in [3.63, 3.8) is 0 Å². The van der Waals surface area contributed by atoms with E-state index in [9.17, 15) is 9.59 Å². The maximum Gasteiger partial charge on any atom is 0.249 e. The number of rotatable bonds is 5. The topological polar surface area (TPSA) is 58.2 Å². The lowest BCUT2D eigenvalue weighted by Gasteiger charge is -2.16. The molecule has 4 nitrogen and oxygen atoms in total. The normalized spacial score (nSPS) is 14.7. The van der Waals surface area contributed by atoms with Crippen molar-refractivity contribution in [2.24, 2.45) is 0 Å². The summed E-state index contributed by atoms with van der Waals surface area (Å²) in [5, 5.41) is 0.659. The average Bonchev–Trinajstić information content (AvgIpc) is 3.42. The quantitative estimate of drug-likeness (QED) is 0.635. The Kier molecular flexibility index (Phi) is 5.11. The van der Waals surface area contributed by atoms with Crippen LogP contribution in [0.25, 0.3) is 0 Å². The Morgan fingerprint density at radius 2 is 1.67 bits per heavy atom. The van der Waals surface area contributed by atoms with Gasteiger partial charge in [-0.15, -0.1) is 11.8 Å². The van der Waals surface area contributed by atoms with E-state index in [0.29, 0.717) is 5.02 Å². The lowest BCUT2D eigenvalue weighted by Crippen LogP contribution is -2.47. The van der Waals surface area contributed by atoms with Crippen LogP contribution in [0.5, 0.6) is 0 Å². The molecule has 2 N–H and O–H groups in total. The first kappa shape index (κ1) is 16.9. The number of thioether (sulfide) groups is 1. The maximum atomic E-state index is 12.4. The zero-order chi connectivity index (χ0) is 17.0. The monoisotopic (exact) mass is 360 g/mol. The highest BCUT2D eigenvalue weighted by Crippen LogP contribution is 2.48. The van der Waals surface area contributed by atoms with Crippen molar-refractivity contribution in [2.75, 3.05) is 5.75 Å². The van der Waals surface area contributed by atoms with Crippen molar-refractivity contribution in [1.29, 1.82) is 0 Å². The highest BCUT2D eigenvalue weighted by atomic mass is 35.5. The Morgan fingerprint density at radius 1 is 1.00 bits per heavy atom. The first-order valence-corrected chi connectivity index (χ1v) is 9.00. The number of amides is 2. The number of hydrogen-bond acceptors (Lipinski definition) is 3. The van der Waals surface area contributed by atoms with E-state index in [1.165, 1.54) is 11.8 Å². The van der Waals surface area contributed by atoms with Crippen LogP contribution in [0.15, 0.2) is 59.5 Å². The third-order valence-electron chi connectivity index (χ3n) is 4.01. The van der Waals surface area contributed by atoms with Crippen LogP contribution in [0.2, 0.25) is 5.02 Å². The first-order chi connectivity index (χ1) is 11.6. The van der Waals surface area contributed by atoms with Crippen LogP contribution in [0.1, 0.15) is 18.4 Å². The molecule has 0 saturated heterocycles. The van der Waals surface area contributed by atoms with Crippen molar-refractivity contribution < 1.29 is 9.59 Å². The highest BCUT2D eigenvalue weighted by molar-refractivity contribution is 8.00. The number of benzene rings is 2. The van der Waals surface area contributed by atoms with Crippen LogP contribution in [-0.4, -0.2) is 17.6 Å². The summed E-state index contributed by atoms with van der Waals surface area (Å²) in [6.07, 6.45) is 1.61. The SMILES string of the molecule is O=C(CSc1ccc(Cl)cc1)NNC(=O)C1(c2ccccc2)CC1. The molecule has 0 heterocycles. The predicted molar refractivity (Wildman–Crippen MR) is 95.8 cm³/mol. The molecule has 1 aliphatic rings. The van der Waals surface area contributed by atoms with Gasteiger partial charge in [-0.25, -0.2) is 0 Å². The minimum atomic E-state index is -0.488. The second-order valence-electron chi connectivity index (χ2n) is 5.69. The molecule has 24 heavy (non-hydrogen) atoms. The molecule has 3 rings (SSSR count). The minimum absolute atomic E-state index is 0.154. The van der Waals surface area contributed by atoms with Crippen LogP contribution in [0.3, 0.4) is 0 Å². The Morgan fingerprint density at radius 3 is 2.29 bits per heavy atom. The van der Waals surface area contributed by atoms with Crippen molar-refractivity contribution in [2.45, 2.75) is 23.2 Å². The largest absolute Gasteiger partial charge is 0.272 e. The zero-order valence-corrected chi connectivity index (χ0v) is 14.5. The van der Waals surface area contributed by atoms with E-state index in [2.05, 4.69) is 10.9 Å². The van der Waals surface area contributed by atoms with E-state index in [0.717, 1.165) is 23.3 Å². The molecular weight excluding hydrogens is 344 g/mol. The summed E-state index contributed by atoms with van der Waals surface area (Å²) >= 11 is 7.21. The molecule has 0 spiro atoms. The molecule has 2 aromatic rings. The van der Waals surface area contributed by atoms with Crippen LogP contribution >= 0.6 is 23.4 Å². The van der Waals surface area contributed by atoms with Gasteiger partial charge in [0.05, 0.1) is 11.2 Å². The molecule has 0 radical (unpaired) electrons. The standard InChI is InChI=1S/C18H17ClN2O2S/c19-14-6-8-15(9-7-14)24-12-16(22)20-21-17(23)18(10-11-18)13-4-2-1-3-5-13/h1-9H,10-12H2,(H,20,22)(H,21,23). The Bertz CT molecular complexity index is 730. The van der Waals surface area contributed by atoms with Gasteiger partial charge in [-0.1, -0.05) is 41.9 Å². The average molecular weight is 361 g/mol. The summed E-state index contributed by atoms with van der Waals surface area (Å²) < 4.78 is 0. The third kappa shape index (κ3) is 3.91. The van der Waals surface area contributed by atoms with Gasteiger partial charge in [0.25, 0.3) is 0 Å². The molecule has 0 aliphatic heterocycles. The maximum absolute atomic E-state index is 12.4. The van der Waals surface area contributed by atoms with Gasteiger partial charge >= 0.3 is 0 Å². The van der Waals surface area contributed by atoms with Crippen LogP contribution < -0.4 is 10.9 Å². The highest BCUT2D eigenvalue weighted by Gasteiger charge is 2.51. The Hall–Kier alpha value is -1.98. The molecule has 1 fully saturated rings. The van der Waals surface area contributed by atoms with Gasteiger partial charge in [-0.2, -0.15) is 0 Å². The van der Waals surface area contributed by atoms with Gasteiger partial charge in [0.1, 0.15) is 0 Å². The molecular formula is C18H17ClN2O2S. The molecule has 0 bridgehead atoms. The van der Waals surface area contributed by atoms with Crippen molar-refractivity contribution in [3.8, 4) is 0 Å². The summed E-state index contributed by atoms with van der Waals surface area (Å²) in [6.45, 7) is 0. The number of carbonyl (C=O) groups is 2. The second kappa shape index (κ2) is 7.28. The third-order valence-corrected chi connectivity index (χ3v) is 5.27. The molecule has 0 aromatic heterocycles. The van der Waals surface area contributed by atoms with Gasteiger partial charge in [-0.05, 0) is 42.7 Å². The van der Waals surface area contributed by atoms with Crippen LogP contribution in [0, 0.1) is 0 Å². The molecule has 124 valence electrons. The molecule has 1 saturated carbocycles. The number of carbonyl (C=O) groups excluding carboxylic acids is 2. The lowest BCUT2D eigenvalue weighted by molar-refractivity contribution is -0.129. The van der Waals surface area contributed by atoms with E-state index in [1.807, 2.05) is 42.5 Å². The number of nitrogens with one attached hydrogen (secondary N) is 2. The zero-order valence-electron chi connectivity index (χ0n) is 12.9. The summed E-state index contributed by atoms with van der Waals surface area (Å²) in [4.78, 5) is 25.2. The second-order valence-corrected chi connectivity index (χ2v) is 7.18. The van der Waals surface area contributed by atoms with Crippen molar-refractivity contribution >= 4 is 35.2 Å². The summed E-state index contributed by atoms with van der Waals surface area (Å²) in [5.74, 6) is -0.175. The number of hydrogen-bond donors (Lipinski definition) is 2. The molecule has 2 amide bonds. The molecule has 0 atom stereocenters. The summed E-state index contributed by atoms with van der Waals surface area (Å²) in [5.41, 5.74) is 5.56. The summed E-state index contributed by atoms with van der Waals surface area (Å²) in [6, 6.07) is 16.9. The number of hydrazine groups is 1. The van der Waals surface area contributed by atoms with E-state index in [-0.39, 0.29) is 17.6 Å². The summed E-state index contributed by atoms with van der Waals surface area (Å²) in [7, 11) is 0. The van der Waals surface area contributed by atoms with E-state index in [1.54, 1.807) is 12.1 Å². The van der Waals surface area contributed by atoms with Gasteiger partial charge in [0.15, 0.2) is 0 Å². The van der Waals surface area contributed by atoms with E-state index < -0.39 is 5.41 Å². The van der Waals surface area contributed by atoms with Crippen molar-refractivity contribution in [1.82, 2.24) is 10.9 Å². The Balaban J connectivity index is 1.48. The fourth-order valence-corrected chi connectivity index (χ4v) is 3.32. The van der Waals surface area contributed by atoms with E-state index >= 15 is 0 Å². The van der Waals surface area contributed by atoms with Crippen LogP contribution in [0.4, 0.5) is 0 Å². The predicted octanol–water partition coefficient (Wildman–Crippen LogP) is 3.31. The Labute approximate surface area is 149 Å².